The molecule has 1 N–H and O–H groups in total. The molecule has 30 heavy (non-hydrogen) atoms. The maximum atomic E-state index is 13.6. The molecule has 14 heteroatoms. The first kappa shape index (κ1) is 23.1. The third-order valence-electron chi connectivity index (χ3n) is 3.81. The van der Waals surface area contributed by atoms with Crippen molar-refractivity contribution in [3.05, 3.63) is 66.6 Å². The lowest BCUT2D eigenvalue weighted by Crippen LogP contribution is -2.31. The Morgan fingerprint density at radius 1 is 0.967 bits per heavy atom. The highest BCUT2D eigenvalue weighted by Gasteiger charge is 2.26. The van der Waals surface area contributed by atoms with Crippen molar-refractivity contribution < 1.29 is 17.6 Å². The largest absolute Gasteiger partial charge is 0.287 e. The molecule has 0 bridgehead atoms. The first-order valence-corrected chi connectivity index (χ1v) is 11.1. The van der Waals surface area contributed by atoms with Crippen molar-refractivity contribution in [3.8, 4) is 5.69 Å². The number of aromatic nitrogens is 3. The first-order chi connectivity index (χ1) is 13.9. The van der Waals surface area contributed by atoms with Gasteiger partial charge in [-0.2, -0.15) is 0 Å². The van der Waals surface area contributed by atoms with Gasteiger partial charge in [0.25, 0.3) is 15.9 Å². The summed E-state index contributed by atoms with van der Waals surface area (Å²) in [5, 5.41) is 6.66. The molecule has 1 aromatic heterocycles. The predicted molar refractivity (Wildman–Crippen MR) is 112 cm³/mol. The van der Waals surface area contributed by atoms with Crippen LogP contribution in [0.2, 0.25) is 25.1 Å². The second kappa shape index (κ2) is 8.49. The number of sulfonamides is 1. The molecule has 0 saturated heterocycles. The van der Waals surface area contributed by atoms with E-state index in [0.29, 0.717) is 0 Å². The van der Waals surface area contributed by atoms with Gasteiger partial charge in [-0.25, -0.2) is 22.2 Å². The van der Waals surface area contributed by atoms with Crippen LogP contribution in [0.25, 0.3) is 5.69 Å². The third-order valence-corrected chi connectivity index (χ3v) is 6.88. The van der Waals surface area contributed by atoms with Gasteiger partial charge in [-0.15, -0.1) is 5.10 Å². The molecule has 2 aromatic carbocycles. The fourth-order valence-corrected chi connectivity index (χ4v) is 4.82. The average molecular weight is 533 g/mol. The zero-order valence-corrected chi connectivity index (χ0v) is 19.1. The van der Waals surface area contributed by atoms with E-state index < -0.39 is 26.6 Å². The minimum absolute atomic E-state index is 0.0438. The van der Waals surface area contributed by atoms with Crippen LogP contribution in [-0.4, -0.2) is 29.3 Å². The lowest BCUT2D eigenvalue weighted by atomic mass is 10.3. The molecule has 1 amide bonds. The highest BCUT2D eigenvalue weighted by Crippen LogP contribution is 2.32. The summed E-state index contributed by atoms with van der Waals surface area (Å²) < 4.78 is 41.7. The number of carbonyl (C=O) groups is 1. The van der Waals surface area contributed by atoms with E-state index in [-0.39, 0.29) is 42.2 Å². The van der Waals surface area contributed by atoms with Crippen LogP contribution in [0.5, 0.6) is 0 Å². The fourth-order valence-electron chi connectivity index (χ4n) is 2.38. The van der Waals surface area contributed by atoms with Crippen LogP contribution in [0.1, 0.15) is 16.2 Å². The molecule has 1 heterocycles. The molecule has 3 aromatic rings. The Morgan fingerprint density at radius 3 is 2.13 bits per heavy atom. The van der Waals surface area contributed by atoms with E-state index in [4.69, 9.17) is 58.0 Å². The van der Waals surface area contributed by atoms with Crippen molar-refractivity contribution in [1.29, 1.82) is 0 Å². The van der Waals surface area contributed by atoms with E-state index in [1.54, 1.807) is 0 Å². The second-order valence-electron chi connectivity index (χ2n) is 5.79. The van der Waals surface area contributed by atoms with Crippen LogP contribution in [0, 0.1) is 12.7 Å². The average Bonchev–Trinajstić information content (AvgIpc) is 3.03. The van der Waals surface area contributed by atoms with Gasteiger partial charge >= 0.3 is 0 Å². The zero-order chi connectivity index (χ0) is 22.4. The highest BCUT2D eigenvalue weighted by molar-refractivity contribution is 7.90. The molecular formula is C16H8Cl5FN4O3S. The second-order valence-corrected chi connectivity index (χ2v) is 9.48. The van der Waals surface area contributed by atoms with Crippen LogP contribution < -0.4 is 4.72 Å². The number of nitrogens with zero attached hydrogens (tertiary/aromatic N) is 3. The van der Waals surface area contributed by atoms with Crippen molar-refractivity contribution >= 4 is 73.9 Å². The summed E-state index contributed by atoms with van der Waals surface area (Å²) >= 11 is 29.1. The topological polar surface area (TPSA) is 93.9 Å². The number of hydrogen-bond acceptors (Lipinski definition) is 5. The van der Waals surface area contributed by atoms with Crippen molar-refractivity contribution in [1.82, 2.24) is 19.7 Å². The Morgan fingerprint density at radius 2 is 1.53 bits per heavy atom. The minimum atomic E-state index is -4.41. The fraction of sp³-hybridized carbons (Fsp3) is 0.0625. The summed E-state index contributed by atoms with van der Waals surface area (Å²) in [6.45, 7) is 1.44. The Hall–Kier alpha value is -1.62. The normalized spacial score (nSPS) is 11.6. The smallest absolute Gasteiger partial charge is 0.266 e. The van der Waals surface area contributed by atoms with E-state index in [1.165, 1.54) is 19.1 Å². The Balaban J connectivity index is 1.95. The molecule has 3 rings (SSSR count). The Labute approximate surface area is 194 Å². The van der Waals surface area contributed by atoms with Crippen LogP contribution >= 0.6 is 58.0 Å². The Kier molecular flexibility index (Phi) is 6.52. The van der Waals surface area contributed by atoms with Gasteiger partial charge in [-0.05, 0) is 31.2 Å². The molecule has 0 saturated carbocycles. The number of nitrogens with one attached hydrogen (secondary N) is 1. The SMILES string of the molecule is Cc1c(C(=O)NS(=O)(=O)c2cc(Cl)c(Cl)cc2Cl)nnn1-c1cc(Cl)c(F)c(Cl)c1. The maximum absolute atomic E-state index is 13.6. The van der Waals surface area contributed by atoms with Crippen molar-refractivity contribution in [2.45, 2.75) is 11.8 Å². The van der Waals surface area contributed by atoms with Gasteiger partial charge < -0.3 is 0 Å². The molecule has 0 atom stereocenters. The number of halogens is 6. The van der Waals surface area contributed by atoms with Crippen LogP contribution in [-0.2, 0) is 10.0 Å². The van der Waals surface area contributed by atoms with Crippen molar-refractivity contribution in [3.63, 3.8) is 0 Å². The van der Waals surface area contributed by atoms with Crippen LogP contribution in [0.4, 0.5) is 4.39 Å². The van der Waals surface area contributed by atoms with Crippen LogP contribution in [0.15, 0.2) is 29.2 Å². The molecule has 0 spiro atoms. The highest BCUT2D eigenvalue weighted by atomic mass is 35.5. The van der Waals surface area contributed by atoms with Gasteiger partial charge in [-0.1, -0.05) is 63.2 Å². The van der Waals surface area contributed by atoms with Gasteiger partial charge in [0.05, 0.1) is 36.5 Å². The zero-order valence-electron chi connectivity index (χ0n) is 14.6. The number of benzene rings is 2. The lowest BCUT2D eigenvalue weighted by molar-refractivity contribution is 0.0976. The van der Waals surface area contributed by atoms with Gasteiger partial charge in [0.15, 0.2) is 11.5 Å². The van der Waals surface area contributed by atoms with Gasteiger partial charge in [0.1, 0.15) is 4.90 Å². The van der Waals surface area contributed by atoms with E-state index in [0.717, 1.165) is 16.8 Å². The first-order valence-electron chi connectivity index (χ1n) is 7.71. The van der Waals surface area contributed by atoms with Crippen molar-refractivity contribution in [2.24, 2.45) is 0 Å². The molecule has 7 nitrogen and oxygen atoms in total. The predicted octanol–water partition coefficient (Wildman–Crippen LogP) is 5.10. The van der Waals surface area contributed by atoms with Gasteiger partial charge in [0.2, 0.25) is 0 Å². The summed E-state index contributed by atoms with van der Waals surface area (Å²) in [6, 6.07) is 4.58. The van der Waals surface area contributed by atoms with E-state index in [9.17, 15) is 17.6 Å². The molecule has 0 aliphatic carbocycles. The maximum Gasteiger partial charge on any atom is 0.287 e. The number of rotatable bonds is 4. The standard InChI is InChI=1S/C16H8Cl5FN4O3S/c1-6-15(23-25-26(6)7-2-11(20)14(22)12(21)3-7)16(27)24-30(28,29)13-5-9(18)8(17)4-10(13)19/h2-5H,1H3,(H,24,27). The minimum Gasteiger partial charge on any atom is -0.266 e. The molecule has 0 radical (unpaired) electrons. The summed E-state index contributed by atoms with van der Waals surface area (Å²) in [6.07, 6.45) is 0. The Bertz CT molecular complexity index is 1270. The summed E-state index contributed by atoms with van der Waals surface area (Å²) in [5.74, 6) is -1.90. The molecule has 0 unspecified atom stereocenters. The van der Waals surface area contributed by atoms with E-state index in [2.05, 4.69) is 10.3 Å². The van der Waals surface area contributed by atoms with Crippen molar-refractivity contribution in [2.75, 3.05) is 0 Å². The quantitative estimate of drug-likeness (QED) is 0.373. The molecule has 0 aliphatic heterocycles. The lowest BCUT2D eigenvalue weighted by Gasteiger charge is -2.09. The summed E-state index contributed by atoms with van der Waals surface area (Å²) in [7, 11) is -4.41. The number of carbonyl (C=O) groups excluding carboxylic acids is 1. The van der Waals surface area contributed by atoms with Crippen LogP contribution in [0.3, 0.4) is 0 Å². The molecule has 158 valence electrons. The van der Waals surface area contributed by atoms with Gasteiger partial charge in [-0.3, -0.25) is 4.79 Å². The van der Waals surface area contributed by atoms with E-state index >= 15 is 0 Å². The monoisotopic (exact) mass is 530 g/mol. The molecular weight excluding hydrogens is 525 g/mol. The molecule has 0 fully saturated rings. The third kappa shape index (κ3) is 4.37. The summed E-state index contributed by atoms with van der Waals surface area (Å²) in [5.41, 5.74) is 0.0406. The number of hydrogen-bond donors (Lipinski definition) is 1. The summed E-state index contributed by atoms with van der Waals surface area (Å²) in [4.78, 5) is 12.1. The molecule has 0 aliphatic rings. The number of amides is 1. The van der Waals surface area contributed by atoms with Gasteiger partial charge in [0, 0.05) is 0 Å². The van der Waals surface area contributed by atoms with E-state index in [1.807, 2.05) is 4.72 Å².